The van der Waals surface area contributed by atoms with Gasteiger partial charge in [-0.25, -0.2) is 4.79 Å². The first kappa shape index (κ1) is 32.5. The lowest BCUT2D eigenvalue weighted by Gasteiger charge is -2.36. The van der Waals surface area contributed by atoms with Gasteiger partial charge in [0.05, 0.1) is 12.2 Å². The zero-order chi connectivity index (χ0) is 25.8. The summed E-state index contributed by atoms with van der Waals surface area (Å²) >= 11 is 0. The Kier molecular flexibility index (Phi) is 18.9. The molecule has 0 heterocycles. The summed E-state index contributed by atoms with van der Waals surface area (Å²) in [7, 11) is 0. The van der Waals surface area contributed by atoms with E-state index in [4.69, 9.17) is 14.6 Å². The predicted molar refractivity (Wildman–Crippen MR) is 134 cm³/mol. The van der Waals surface area contributed by atoms with E-state index in [1.165, 1.54) is 0 Å². The van der Waals surface area contributed by atoms with E-state index in [0.717, 1.165) is 70.6 Å². The number of carboxylic acid groups (broad SMARTS) is 2. The maximum atomic E-state index is 12.3. The molecule has 34 heavy (non-hydrogen) atoms. The van der Waals surface area contributed by atoms with Crippen LogP contribution >= 0.6 is 0 Å². The van der Waals surface area contributed by atoms with Crippen molar-refractivity contribution in [2.24, 2.45) is 0 Å². The summed E-state index contributed by atoms with van der Waals surface area (Å²) in [5, 5.41) is 18.6. The van der Waals surface area contributed by atoms with Crippen molar-refractivity contribution in [3.8, 4) is 0 Å². The highest BCUT2D eigenvalue weighted by molar-refractivity contribution is 5.78. The highest BCUT2D eigenvalue weighted by atomic mass is 16.7. The highest BCUT2D eigenvalue weighted by Gasteiger charge is 2.44. The number of Topliss-reactive ketones (excluding diaryl/α,β-unsaturated/α-hetero) is 1. The molecule has 0 aliphatic carbocycles. The van der Waals surface area contributed by atoms with Crippen molar-refractivity contribution >= 4 is 17.7 Å². The Morgan fingerprint density at radius 3 is 1.38 bits per heavy atom. The van der Waals surface area contributed by atoms with E-state index in [0.29, 0.717) is 32.1 Å². The molecule has 0 saturated heterocycles. The third-order valence-corrected chi connectivity index (χ3v) is 6.42. The fraction of sp³-hybridized carbons (Fsp3) is 0.889. The highest BCUT2D eigenvalue weighted by Crippen LogP contribution is 2.29. The molecule has 0 spiro atoms. The van der Waals surface area contributed by atoms with Crippen LogP contribution in [0.5, 0.6) is 0 Å². The SMILES string of the molecule is CCC(CC)OC(CCCCCCC(=O)CCCCCCCC(=O)O)(OC(CC)CC)C(=O)O. The zero-order valence-corrected chi connectivity index (χ0v) is 22.1. The molecule has 0 radical (unpaired) electrons. The van der Waals surface area contributed by atoms with E-state index >= 15 is 0 Å². The van der Waals surface area contributed by atoms with Gasteiger partial charge in [0.15, 0.2) is 0 Å². The maximum Gasteiger partial charge on any atom is 0.364 e. The minimum absolute atomic E-state index is 0.153. The molecule has 0 aromatic heterocycles. The van der Waals surface area contributed by atoms with Gasteiger partial charge in [0.1, 0.15) is 5.78 Å². The van der Waals surface area contributed by atoms with Crippen LogP contribution < -0.4 is 0 Å². The topological polar surface area (TPSA) is 110 Å². The lowest BCUT2D eigenvalue weighted by molar-refractivity contribution is -0.279. The lowest BCUT2D eigenvalue weighted by Crippen LogP contribution is -2.49. The zero-order valence-electron chi connectivity index (χ0n) is 22.1. The van der Waals surface area contributed by atoms with E-state index < -0.39 is 17.7 Å². The summed E-state index contributed by atoms with van der Waals surface area (Å²) < 4.78 is 12.1. The molecular weight excluding hydrogens is 436 g/mol. The third-order valence-electron chi connectivity index (χ3n) is 6.42. The van der Waals surface area contributed by atoms with Gasteiger partial charge in [-0.2, -0.15) is 0 Å². The van der Waals surface area contributed by atoms with E-state index in [2.05, 4.69) is 0 Å². The molecule has 7 heteroatoms. The van der Waals surface area contributed by atoms with Crippen molar-refractivity contribution in [1.82, 2.24) is 0 Å². The lowest BCUT2D eigenvalue weighted by atomic mass is 10.0. The average Bonchev–Trinajstić information content (AvgIpc) is 2.81. The van der Waals surface area contributed by atoms with E-state index in [9.17, 15) is 19.5 Å². The Bertz CT molecular complexity index is 539. The van der Waals surface area contributed by atoms with Gasteiger partial charge in [-0.15, -0.1) is 0 Å². The summed E-state index contributed by atoms with van der Waals surface area (Å²) in [6.45, 7) is 7.98. The summed E-state index contributed by atoms with van der Waals surface area (Å²) in [5.74, 6) is -3.13. The maximum absolute atomic E-state index is 12.3. The molecule has 0 aromatic carbocycles. The van der Waals surface area contributed by atoms with Crippen LogP contribution in [0.15, 0.2) is 0 Å². The number of carboxylic acids is 2. The van der Waals surface area contributed by atoms with Crippen LogP contribution in [0.2, 0.25) is 0 Å². The quantitative estimate of drug-likeness (QED) is 0.113. The van der Waals surface area contributed by atoms with Crippen LogP contribution in [-0.2, 0) is 23.9 Å². The molecule has 7 nitrogen and oxygen atoms in total. The first-order chi connectivity index (χ1) is 16.2. The first-order valence-electron chi connectivity index (χ1n) is 13.6. The molecule has 0 saturated carbocycles. The second kappa shape index (κ2) is 19.8. The smallest absolute Gasteiger partial charge is 0.364 e. The normalized spacial score (nSPS) is 11.9. The number of ketones is 1. The van der Waals surface area contributed by atoms with Crippen molar-refractivity contribution in [3.63, 3.8) is 0 Å². The van der Waals surface area contributed by atoms with Crippen LogP contribution in [0, 0.1) is 0 Å². The molecule has 0 aliphatic rings. The first-order valence-corrected chi connectivity index (χ1v) is 13.6. The number of ether oxygens (including phenoxy) is 2. The van der Waals surface area contributed by atoms with Crippen LogP contribution in [0.25, 0.3) is 0 Å². The molecule has 0 amide bonds. The Morgan fingerprint density at radius 1 is 0.618 bits per heavy atom. The van der Waals surface area contributed by atoms with Crippen LogP contribution in [0.1, 0.15) is 137 Å². The van der Waals surface area contributed by atoms with Gasteiger partial charge >= 0.3 is 11.9 Å². The molecule has 0 rings (SSSR count). The second-order valence-electron chi connectivity index (χ2n) is 9.29. The summed E-state index contributed by atoms with van der Waals surface area (Å²) in [5.41, 5.74) is 0. The third kappa shape index (κ3) is 14.7. The van der Waals surface area contributed by atoms with Crippen molar-refractivity contribution in [2.45, 2.75) is 155 Å². The molecule has 0 unspecified atom stereocenters. The molecule has 0 aromatic rings. The number of carbonyl (C=O) groups excluding carboxylic acids is 1. The van der Waals surface area contributed by atoms with Crippen LogP contribution in [0.4, 0.5) is 0 Å². The Labute approximate surface area is 207 Å². The van der Waals surface area contributed by atoms with Gasteiger partial charge in [-0.1, -0.05) is 59.8 Å². The number of rotatable bonds is 24. The Hall–Kier alpha value is -1.47. The van der Waals surface area contributed by atoms with Crippen molar-refractivity contribution in [3.05, 3.63) is 0 Å². The number of aliphatic carboxylic acids is 2. The molecule has 0 fully saturated rings. The largest absolute Gasteiger partial charge is 0.481 e. The van der Waals surface area contributed by atoms with Gasteiger partial charge in [0, 0.05) is 25.7 Å². The molecule has 2 N–H and O–H groups in total. The van der Waals surface area contributed by atoms with Crippen LogP contribution in [-0.4, -0.2) is 45.9 Å². The second-order valence-corrected chi connectivity index (χ2v) is 9.29. The average molecular weight is 487 g/mol. The van der Waals surface area contributed by atoms with Gasteiger partial charge in [-0.05, 0) is 51.4 Å². The number of unbranched alkanes of at least 4 members (excludes halogenated alkanes) is 7. The standard InChI is InChI=1S/C27H50O7/c1-5-23(6-2)33-27(26(31)32,34-24(7-3)8-4)21-17-13-12-15-19-22(28)18-14-10-9-11-16-20-25(29)30/h23-24H,5-21H2,1-4H3,(H,29,30)(H,31,32). The van der Waals surface area contributed by atoms with Gasteiger partial charge in [0.25, 0.3) is 5.79 Å². The number of hydrogen-bond donors (Lipinski definition) is 2. The number of carbonyl (C=O) groups is 3. The fourth-order valence-corrected chi connectivity index (χ4v) is 4.09. The molecule has 200 valence electrons. The summed E-state index contributed by atoms with van der Waals surface area (Å²) in [4.78, 5) is 34.8. The van der Waals surface area contributed by atoms with Crippen LogP contribution in [0.3, 0.4) is 0 Å². The fourth-order valence-electron chi connectivity index (χ4n) is 4.09. The molecule has 0 atom stereocenters. The van der Waals surface area contributed by atoms with Crippen molar-refractivity contribution < 1.29 is 34.1 Å². The Balaban J connectivity index is 4.35. The van der Waals surface area contributed by atoms with E-state index in [1.54, 1.807) is 0 Å². The molecule has 0 bridgehead atoms. The summed E-state index contributed by atoms with van der Waals surface area (Å²) in [6, 6.07) is 0. The number of hydrogen-bond acceptors (Lipinski definition) is 5. The van der Waals surface area contributed by atoms with Gasteiger partial charge in [-0.3, -0.25) is 9.59 Å². The van der Waals surface area contributed by atoms with Crippen molar-refractivity contribution in [2.75, 3.05) is 0 Å². The summed E-state index contributed by atoms with van der Waals surface area (Å²) in [6.07, 6.45) is 12.0. The Morgan fingerprint density at radius 2 is 1.00 bits per heavy atom. The van der Waals surface area contributed by atoms with Gasteiger partial charge in [0.2, 0.25) is 0 Å². The van der Waals surface area contributed by atoms with Crippen molar-refractivity contribution in [1.29, 1.82) is 0 Å². The van der Waals surface area contributed by atoms with E-state index in [1.807, 2.05) is 27.7 Å². The molecule has 0 aliphatic heterocycles. The monoisotopic (exact) mass is 486 g/mol. The van der Waals surface area contributed by atoms with Gasteiger partial charge < -0.3 is 19.7 Å². The minimum Gasteiger partial charge on any atom is -0.481 e. The predicted octanol–water partition coefficient (Wildman–Crippen LogP) is 6.90. The minimum atomic E-state index is -1.60. The van der Waals surface area contributed by atoms with E-state index in [-0.39, 0.29) is 24.4 Å². The molecular formula is C27H50O7.